The van der Waals surface area contributed by atoms with Gasteiger partial charge in [0.25, 0.3) is 0 Å². The Hall–Kier alpha value is -3.15. The van der Waals surface area contributed by atoms with E-state index in [1.54, 1.807) is 0 Å². The van der Waals surface area contributed by atoms with E-state index in [4.69, 9.17) is 14.2 Å². The highest BCUT2D eigenvalue weighted by Gasteiger charge is 2.19. The molecule has 0 bridgehead atoms. The maximum Gasteiger partial charge on any atom is 0.306 e. The molecule has 6 nitrogen and oxygen atoms in total. The second-order valence-electron chi connectivity index (χ2n) is 17.1. The van der Waals surface area contributed by atoms with Crippen LogP contribution in [0.3, 0.4) is 0 Å². The van der Waals surface area contributed by atoms with Crippen LogP contribution in [0.1, 0.15) is 245 Å². The van der Waals surface area contributed by atoms with E-state index in [0.29, 0.717) is 19.3 Å². The molecule has 0 aromatic carbocycles. The van der Waals surface area contributed by atoms with Crippen LogP contribution in [0.15, 0.2) is 72.9 Å². The Labute approximate surface area is 382 Å². The molecule has 0 fully saturated rings. The summed E-state index contributed by atoms with van der Waals surface area (Å²) in [5.41, 5.74) is 0. The van der Waals surface area contributed by atoms with Crippen molar-refractivity contribution in [2.24, 2.45) is 0 Å². The van der Waals surface area contributed by atoms with Crippen molar-refractivity contribution >= 4 is 17.9 Å². The van der Waals surface area contributed by atoms with Crippen molar-refractivity contribution in [3.8, 4) is 0 Å². The molecule has 0 spiro atoms. The van der Waals surface area contributed by atoms with Crippen molar-refractivity contribution in [3.05, 3.63) is 72.9 Å². The highest BCUT2D eigenvalue weighted by molar-refractivity contribution is 5.71. The second kappa shape index (κ2) is 50.5. The van der Waals surface area contributed by atoms with Crippen LogP contribution in [0.25, 0.3) is 0 Å². The SMILES string of the molecule is CCCC/C=C\C/C=C\CCCCCCCC(=O)OC[C@H](COC(=O)CCCCCCC/C=C\C/C=C\CCCCC)OC(=O)CCCCCCC/C=C\C/C=C\CCCCC. The Morgan fingerprint density at radius 2 is 0.597 bits per heavy atom. The van der Waals surface area contributed by atoms with Crippen molar-refractivity contribution in [3.63, 3.8) is 0 Å². The van der Waals surface area contributed by atoms with Crippen LogP contribution in [-0.2, 0) is 28.6 Å². The van der Waals surface area contributed by atoms with Gasteiger partial charge in [-0.1, -0.05) is 190 Å². The molecule has 6 heteroatoms. The van der Waals surface area contributed by atoms with E-state index in [2.05, 4.69) is 93.7 Å². The van der Waals surface area contributed by atoms with E-state index >= 15 is 0 Å². The molecule has 0 saturated carbocycles. The van der Waals surface area contributed by atoms with Gasteiger partial charge in [-0.2, -0.15) is 0 Å². The Bertz CT molecular complexity index is 1180. The van der Waals surface area contributed by atoms with Gasteiger partial charge in [0.1, 0.15) is 13.2 Å². The van der Waals surface area contributed by atoms with Crippen molar-refractivity contribution < 1.29 is 28.6 Å². The Morgan fingerprint density at radius 1 is 0.323 bits per heavy atom. The van der Waals surface area contributed by atoms with Gasteiger partial charge >= 0.3 is 17.9 Å². The van der Waals surface area contributed by atoms with Crippen molar-refractivity contribution in [1.29, 1.82) is 0 Å². The molecule has 0 aliphatic carbocycles. The third-order valence-corrected chi connectivity index (χ3v) is 10.9. The summed E-state index contributed by atoms with van der Waals surface area (Å²) >= 11 is 0. The summed E-state index contributed by atoms with van der Waals surface area (Å²) in [5.74, 6) is -0.933. The lowest BCUT2D eigenvalue weighted by molar-refractivity contribution is -0.167. The third-order valence-electron chi connectivity index (χ3n) is 10.9. The molecule has 0 heterocycles. The van der Waals surface area contributed by atoms with Gasteiger partial charge in [0, 0.05) is 19.3 Å². The number of carbonyl (C=O) groups excluding carboxylic acids is 3. The average molecular weight is 865 g/mol. The number of hydrogen-bond acceptors (Lipinski definition) is 6. The number of unbranched alkanes of at least 4 members (excludes halogenated alkanes) is 23. The molecule has 0 aromatic heterocycles. The summed E-state index contributed by atoms with van der Waals surface area (Å²) < 4.78 is 16.8. The highest BCUT2D eigenvalue weighted by Crippen LogP contribution is 2.13. The second-order valence-corrected chi connectivity index (χ2v) is 17.1. The predicted octanol–water partition coefficient (Wildman–Crippen LogP) is 17.0. The Kier molecular flexibility index (Phi) is 47.9. The predicted molar refractivity (Wildman–Crippen MR) is 265 cm³/mol. The molecule has 0 unspecified atom stereocenters. The zero-order valence-corrected chi connectivity index (χ0v) is 40.6. The summed E-state index contributed by atoms with van der Waals surface area (Å²) in [7, 11) is 0. The van der Waals surface area contributed by atoms with Crippen LogP contribution >= 0.6 is 0 Å². The van der Waals surface area contributed by atoms with Gasteiger partial charge in [-0.25, -0.2) is 0 Å². The summed E-state index contributed by atoms with van der Waals surface area (Å²) in [6.45, 7) is 6.51. The first-order valence-corrected chi connectivity index (χ1v) is 25.9. The minimum Gasteiger partial charge on any atom is -0.462 e. The first-order chi connectivity index (χ1) is 30.5. The number of carbonyl (C=O) groups is 3. The quantitative estimate of drug-likeness (QED) is 0.0262. The number of esters is 3. The van der Waals surface area contributed by atoms with Crippen molar-refractivity contribution in [1.82, 2.24) is 0 Å². The van der Waals surface area contributed by atoms with Crippen molar-refractivity contribution in [2.75, 3.05) is 13.2 Å². The fraction of sp³-hybridized carbons (Fsp3) is 0.732. The Morgan fingerprint density at radius 3 is 0.935 bits per heavy atom. The fourth-order valence-electron chi connectivity index (χ4n) is 6.93. The summed E-state index contributed by atoms with van der Waals surface area (Å²) in [6.07, 6.45) is 63.0. The molecule has 0 aliphatic rings. The molecule has 356 valence electrons. The lowest BCUT2D eigenvalue weighted by Crippen LogP contribution is -2.30. The first-order valence-electron chi connectivity index (χ1n) is 25.9. The third kappa shape index (κ3) is 47.9. The molecule has 1 atom stereocenters. The Balaban J connectivity index is 4.46. The molecule has 0 aliphatic heterocycles. The maximum atomic E-state index is 12.8. The van der Waals surface area contributed by atoms with Gasteiger partial charge in [0.15, 0.2) is 6.10 Å². The summed E-state index contributed by atoms with van der Waals surface area (Å²) in [6, 6.07) is 0. The van der Waals surface area contributed by atoms with Crippen LogP contribution in [0, 0.1) is 0 Å². The van der Waals surface area contributed by atoms with E-state index in [-0.39, 0.29) is 31.1 Å². The smallest absolute Gasteiger partial charge is 0.306 e. The van der Waals surface area contributed by atoms with Gasteiger partial charge in [-0.3, -0.25) is 14.4 Å². The molecule has 0 radical (unpaired) electrons. The van der Waals surface area contributed by atoms with Gasteiger partial charge in [0.2, 0.25) is 0 Å². The lowest BCUT2D eigenvalue weighted by Gasteiger charge is -2.18. The zero-order valence-electron chi connectivity index (χ0n) is 40.6. The minimum absolute atomic E-state index is 0.0934. The van der Waals surface area contributed by atoms with Crippen LogP contribution in [-0.4, -0.2) is 37.2 Å². The number of hydrogen-bond donors (Lipinski definition) is 0. The van der Waals surface area contributed by atoms with E-state index in [1.165, 1.54) is 70.6 Å². The van der Waals surface area contributed by atoms with Crippen LogP contribution in [0.4, 0.5) is 0 Å². The summed E-state index contributed by atoms with van der Waals surface area (Å²) in [5, 5.41) is 0. The van der Waals surface area contributed by atoms with Gasteiger partial charge < -0.3 is 14.2 Å². The minimum atomic E-state index is -0.794. The summed E-state index contributed by atoms with van der Waals surface area (Å²) in [4.78, 5) is 38.0. The van der Waals surface area contributed by atoms with E-state index in [9.17, 15) is 14.4 Å². The molecule has 0 saturated heterocycles. The molecule has 0 amide bonds. The molecule has 62 heavy (non-hydrogen) atoms. The van der Waals surface area contributed by atoms with E-state index in [1.807, 2.05) is 0 Å². The first kappa shape index (κ1) is 58.9. The lowest BCUT2D eigenvalue weighted by atomic mass is 10.1. The highest BCUT2D eigenvalue weighted by atomic mass is 16.6. The van der Waals surface area contributed by atoms with E-state index in [0.717, 1.165) is 135 Å². The van der Waals surface area contributed by atoms with Gasteiger partial charge in [-0.15, -0.1) is 0 Å². The molecule has 0 N–H and O–H groups in total. The number of ether oxygens (including phenoxy) is 3. The largest absolute Gasteiger partial charge is 0.462 e. The molecule has 0 aromatic rings. The van der Waals surface area contributed by atoms with E-state index < -0.39 is 6.10 Å². The van der Waals surface area contributed by atoms with Crippen molar-refractivity contribution in [2.45, 2.75) is 252 Å². The van der Waals surface area contributed by atoms with Crippen LogP contribution < -0.4 is 0 Å². The zero-order chi connectivity index (χ0) is 45.1. The topological polar surface area (TPSA) is 78.9 Å². The molecule has 0 rings (SSSR count). The molecular formula is C56H96O6. The van der Waals surface area contributed by atoms with Crippen LogP contribution in [0.5, 0.6) is 0 Å². The monoisotopic (exact) mass is 865 g/mol. The van der Waals surface area contributed by atoms with Gasteiger partial charge in [-0.05, 0) is 109 Å². The number of allylic oxidation sites excluding steroid dienone is 12. The standard InChI is InChI=1S/C56H96O6/c1-4-7-10-13-16-19-22-25-28-31-34-37-40-43-46-49-55(58)61-52-53(51-60-54(57)48-45-42-39-36-33-30-27-24-21-18-15-12-9-6-3)62-56(59)50-47-44-41-38-35-32-29-26-23-20-17-14-11-8-5-2/h15-20,24-29,53H,4-14,21-23,30-52H2,1-3H3/b18-15-,19-16-,20-17-,27-24-,28-25-,29-26-/t53-/m1/s1. The normalized spacial score (nSPS) is 12.6. The van der Waals surface area contributed by atoms with Crippen LogP contribution in [0.2, 0.25) is 0 Å². The van der Waals surface area contributed by atoms with Gasteiger partial charge in [0.05, 0.1) is 0 Å². The number of rotatable bonds is 46. The molecular weight excluding hydrogens is 769 g/mol. The maximum absolute atomic E-state index is 12.8. The fourth-order valence-corrected chi connectivity index (χ4v) is 6.93. The average Bonchev–Trinajstić information content (AvgIpc) is 3.27.